The van der Waals surface area contributed by atoms with Crippen molar-refractivity contribution in [3.8, 4) is 11.1 Å². The highest BCUT2D eigenvalue weighted by Crippen LogP contribution is 2.44. The van der Waals surface area contributed by atoms with Crippen molar-refractivity contribution in [2.75, 3.05) is 11.5 Å². The fourth-order valence-corrected chi connectivity index (χ4v) is 2.41. The van der Waals surface area contributed by atoms with Gasteiger partial charge in [-0.2, -0.15) is 4.98 Å². The van der Waals surface area contributed by atoms with Gasteiger partial charge in [-0.25, -0.2) is 4.98 Å². The van der Waals surface area contributed by atoms with E-state index in [9.17, 15) is 10.1 Å². The lowest BCUT2D eigenvalue weighted by molar-refractivity contribution is -0.384. The molecule has 0 bridgehead atoms. The van der Waals surface area contributed by atoms with Crippen LogP contribution in [0.3, 0.4) is 0 Å². The van der Waals surface area contributed by atoms with Gasteiger partial charge in [0.15, 0.2) is 0 Å². The summed E-state index contributed by atoms with van der Waals surface area (Å²) in [5.74, 6) is 0.0434. The van der Waals surface area contributed by atoms with E-state index in [2.05, 4.69) is 9.97 Å². The SMILES string of the molecule is Nc1ncc(-c2cc(Cl)c([N+](=O)[O-])c(Cl)c2Cl)c(N)n1. The molecule has 10 heteroatoms. The number of rotatable bonds is 2. The van der Waals surface area contributed by atoms with Crippen molar-refractivity contribution >= 4 is 52.3 Å². The molecule has 104 valence electrons. The molecule has 0 saturated carbocycles. The van der Waals surface area contributed by atoms with Gasteiger partial charge in [0.05, 0.1) is 9.95 Å². The van der Waals surface area contributed by atoms with Crippen LogP contribution in [0.4, 0.5) is 17.5 Å². The van der Waals surface area contributed by atoms with Gasteiger partial charge in [0.25, 0.3) is 0 Å². The molecule has 0 unspecified atom stereocenters. The van der Waals surface area contributed by atoms with E-state index in [4.69, 9.17) is 46.3 Å². The molecular formula is C10H6Cl3N5O2. The lowest BCUT2D eigenvalue weighted by Gasteiger charge is -2.09. The molecule has 1 aromatic heterocycles. The summed E-state index contributed by atoms with van der Waals surface area (Å²) in [5.41, 5.74) is 11.2. The van der Waals surface area contributed by atoms with Crippen molar-refractivity contribution in [2.45, 2.75) is 0 Å². The average molecular weight is 335 g/mol. The number of nitro groups is 1. The zero-order valence-corrected chi connectivity index (χ0v) is 11.9. The Morgan fingerprint density at radius 3 is 2.35 bits per heavy atom. The number of nitro benzene ring substituents is 1. The van der Waals surface area contributed by atoms with Gasteiger partial charge in [0.1, 0.15) is 15.9 Å². The monoisotopic (exact) mass is 333 g/mol. The molecule has 0 saturated heterocycles. The summed E-state index contributed by atoms with van der Waals surface area (Å²) in [6.07, 6.45) is 1.33. The number of nitrogen functional groups attached to an aromatic ring is 2. The summed E-state index contributed by atoms with van der Waals surface area (Å²) in [4.78, 5) is 17.7. The van der Waals surface area contributed by atoms with E-state index in [1.807, 2.05) is 0 Å². The van der Waals surface area contributed by atoms with Gasteiger partial charge in [-0.15, -0.1) is 0 Å². The molecule has 20 heavy (non-hydrogen) atoms. The summed E-state index contributed by atoms with van der Waals surface area (Å²) in [6, 6.07) is 1.28. The highest BCUT2D eigenvalue weighted by Gasteiger charge is 2.25. The maximum Gasteiger partial charge on any atom is 0.307 e. The molecule has 4 N–H and O–H groups in total. The molecule has 0 atom stereocenters. The van der Waals surface area contributed by atoms with Crippen LogP contribution in [0.1, 0.15) is 0 Å². The van der Waals surface area contributed by atoms with E-state index < -0.39 is 10.6 Å². The topological polar surface area (TPSA) is 121 Å². The van der Waals surface area contributed by atoms with Crippen LogP contribution in [0, 0.1) is 10.1 Å². The lowest BCUT2D eigenvalue weighted by atomic mass is 10.1. The average Bonchev–Trinajstić information content (AvgIpc) is 2.34. The first-order valence-corrected chi connectivity index (χ1v) is 6.16. The molecular weight excluding hydrogens is 329 g/mol. The van der Waals surface area contributed by atoms with Crippen LogP contribution in [-0.2, 0) is 0 Å². The van der Waals surface area contributed by atoms with E-state index in [1.165, 1.54) is 12.3 Å². The van der Waals surface area contributed by atoms with Crippen LogP contribution < -0.4 is 11.5 Å². The number of hydrogen-bond donors (Lipinski definition) is 2. The highest BCUT2D eigenvalue weighted by atomic mass is 35.5. The van der Waals surface area contributed by atoms with Crippen LogP contribution in [0.2, 0.25) is 15.1 Å². The first-order valence-electron chi connectivity index (χ1n) is 5.03. The second-order valence-electron chi connectivity index (χ2n) is 3.67. The van der Waals surface area contributed by atoms with E-state index in [0.717, 1.165) is 0 Å². The van der Waals surface area contributed by atoms with Crippen LogP contribution in [0.15, 0.2) is 12.3 Å². The molecule has 0 fully saturated rings. The van der Waals surface area contributed by atoms with Crippen molar-refractivity contribution in [1.82, 2.24) is 9.97 Å². The zero-order chi connectivity index (χ0) is 15.0. The second-order valence-corrected chi connectivity index (χ2v) is 4.83. The van der Waals surface area contributed by atoms with Crippen molar-refractivity contribution in [3.63, 3.8) is 0 Å². The van der Waals surface area contributed by atoms with Crippen LogP contribution >= 0.6 is 34.8 Å². The van der Waals surface area contributed by atoms with Gasteiger partial charge < -0.3 is 11.5 Å². The molecule has 0 aliphatic rings. The molecule has 0 radical (unpaired) electrons. The summed E-state index contributed by atoms with van der Waals surface area (Å²) >= 11 is 17.7. The Hall–Kier alpha value is -1.83. The number of halogens is 3. The molecule has 0 spiro atoms. The first kappa shape index (κ1) is 14.6. The Labute approximate surface area is 127 Å². The number of anilines is 2. The van der Waals surface area contributed by atoms with E-state index in [0.29, 0.717) is 5.56 Å². The van der Waals surface area contributed by atoms with Crippen LogP contribution in [-0.4, -0.2) is 14.9 Å². The maximum atomic E-state index is 10.9. The van der Waals surface area contributed by atoms with Crippen molar-refractivity contribution in [2.24, 2.45) is 0 Å². The number of hydrogen-bond acceptors (Lipinski definition) is 6. The smallest absolute Gasteiger partial charge is 0.307 e. The fourth-order valence-electron chi connectivity index (χ4n) is 1.57. The van der Waals surface area contributed by atoms with Crippen LogP contribution in [0.5, 0.6) is 0 Å². The lowest BCUT2D eigenvalue weighted by Crippen LogP contribution is -2.02. The van der Waals surface area contributed by atoms with Crippen molar-refractivity contribution < 1.29 is 4.92 Å². The summed E-state index contributed by atoms with van der Waals surface area (Å²) in [6.45, 7) is 0. The third kappa shape index (κ3) is 2.43. The second kappa shape index (κ2) is 5.28. The minimum absolute atomic E-state index is 0.0125. The molecule has 1 aromatic carbocycles. The largest absolute Gasteiger partial charge is 0.383 e. The number of nitrogens with zero attached hydrogens (tertiary/aromatic N) is 3. The Balaban J connectivity index is 2.73. The summed E-state index contributed by atoms with van der Waals surface area (Å²) in [7, 11) is 0. The minimum atomic E-state index is -0.719. The predicted molar refractivity (Wildman–Crippen MR) is 78.0 cm³/mol. The third-order valence-corrected chi connectivity index (χ3v) is 3.59. The van der Waals surface area contributed by atoms with Gasteiger partial charge in [-0.3, -0.25) is 10.1 Å². The number of benzene rings is 1. The van der Waals surface area contributed by atoms with Gasteiger partial charge >= 0.3 is 5.69 Å². The van der Waals surface area contributed by atoms with Gasteiger partial charge in [-0.05, 0) is 6.07 Å². The minimum Gasteiger partial charge on any atom is -0.383 e. The number of aromatic nitrogens is 2. The standard InChI is InChI=1S/C10H6Cl3N5O2/c11-5-1-3(4-2-16-10(15)17-9(4)14)6(12)7(13)8(5)18(19)20/h1-2H,(H4,14,15,16,17). The normalized spacial score (nSPS) is 10.6. The Kier molecular flexibility index (Phi) is 3.85. The zero-order valence-electron chi connectivity index (χ0n) is 9.60. The van der Waals surface area contributed by atoms with Gasteiger partial charge in [-0.1, -0.05) is 34.8 Å². The molecule has 1 heterocycles. The Morgan fingerprint density at radius 1 is 1.15 bits per heavy atom. The van der Waals surface area contributed by atoms with Gasteiger partial charge in [0.2, 0.25) is 5.95 Å². The van der Waals surface area contributed by atoms with E-state index >= 15 is 0 Å². The van der Waals surface area contributed by atoms with Gasteiger partial charge in [0, 0.05) is 17.3 Å². The van der Waals surface area contributed by atoms with Crippen molar-refractivity contribution in [1.29, 1.82) is 0 Å². The summed E-state index contributed by atoms with van der Waals surface area (Å²) in [5, 5.41) is 10.3. The predicted octanol–water partition coefficient (Wildman–Crippen LogP) is 3.18. The molecule has 2 aromatic rings. The highest BCUT2D eigenvalue weighted by molar-refractivity contribution is 6.47. The third-order valence-electron chi connectivity index (χ3n) is 2.44. The summed E-state index contributed by atoms with van der Waals surface area (Å²) < 4.78 is 0. The number of nitrogens with two attached hydrogens (primary N) is 2. The maximum absolute atomic E-state index is 10.9. The first-order chi connectivity index (χ1) is 9.32. The van der Waals surface area contributed by atoms with E-state index in [1.54, 1.807) is 0 Å². The van der Waals surface area contributed by atoms with Crippen molar-refractivity contribution in [3.05, 3.63) is 37.4 Å². The molecule has 7 nitrogen and oxygen atoms in total. The quantitative estimate of drug-likeness (QED) is 0.494. The molecule has 2 rings (SSSR count). The van der Waals surface area contributed by atoms with Crippen LogP contribution in [0.25, 0.3) is 11.1 Å². The molecule has 0 aliphatic heterocycles. The molecule has 0 amide bonds. The molecule has 0 aliphatic carbocycles. The Morgan fingerprint density at radius 2 is 1.80 bits per heavy atom. The fraction of sp³-hybridized carbons (Fsp3) is 0. The van der Waals surface area contributed by atoms with E-state index in [-0.39, 0.29) is 32.4 Å². The Bertz CT molecular complexity index is 723.